The summed E-state index contributed by atoms with van der Waals surface area (Å²) in [4.78, 5) is 4.60. The second kappa shape index (κ2) is 9.80. The summed E-state index contributed by atoms with van der Waals surface area (Å²) < 4.78 is 13.6. The maximum Gasteiger partial charge on any atom is 0.236 e. The maximum atomic E-state index is 12.0. The molecule has 1 N–H and O–H groups in total. The number of ether oxygens (including phenoxy) is 1. The van der Waals surface area contributed by atoms with Gasteiger partial charge >= 0.3 is 0 Å². The summed E-state index contributed by atoms with van der Waals surface area (Å²) >= 11 is 12.6. The number of oxazole rings is 1. The first kappa shape index (κ1) is 24.5. The summed E-state index contributed by atoms with van der Waals surface area (Å²) in [6.07, 6.45) is 4.00. The molecule has 0 radical (unpaired) electrons. The number of fused-ring (bicyclic) bond motifs is 3. The van der Waals surface area contributed by atoms with Crippen molar-refractivity contribution >= 4 is 23.2 Å². The molecule has 1 atom stereocenters. The molecule has 7 heteroatoms. The van der Waals surface area contributed by atoms with Crippen molar-refractivity contribution in [3.8, 4) is 5.75 Å². The van der Waals surface area contributed by atoms with Crippen LogP contribution in [0.4, 0.5) is 0 Å². The van der Waals surface area contributed by atoms with Crippen molar-refractivity contribution in [2.24, 2.45) is 5.92 Å². The molecule has 7 rings (SSSR count). The molecule has 3 aliphatic rings. The number of piperidine rings is 3. The van der Waals surface area contributed by atoms with Gasteiger partial charge in [0.1, 0.15) is 23.9 Å². The van der Waals surface area contributed by atoms with Crippen LogP contribution in [0.25, 0.3) is 0 Å². The van der Waals surface area contributed by atoms with Crippen LogP contribution in [0, 0.1) is 5.92 Å². The predicted molar refractivity (Wildman–Crippen MR) is 144 cm³/mol. The van der Waals surface area contributed by atoms with Gasteiger partial charge in [0.2, 0.25) is 5.89 Å². The number of hydrogen-bond donors (Lipinski definition) is 1. The Bertz CT molecular complexity index is 1330. The molecule has 0 spiro atoms. The quantitative estimate of drug-likeness (QED) is 0.276. The normalized spacial score (nSPS) is 23.2. The van der Waals surface area contributed by atoms with Gasteiger partial charge in [0, 0.05) is 18.8 Å². The van der Waals surface area contributed by atoms with E-state index in [4.69, 9.17) is 32.4 Å². The Labute approximate surface area is 226 Å². The van der Waals surface area contributed by atoms with E-state index in [0.717, 1.165) is 42.7 Å². The molecule has 0 amide bonds. The summed E-state index contributed by atoms with van der Waals surface area (Å²) in [5, 5.41) is 13.0. The number of aromatic nitrogens is 1. The third-order valence-electron chi connectivity index (χ3n) is 7.97. The summed E-state index contributed by atoms with van der Waals surface area (Å²) in [6.45, 7) is 3.69. The van der Waals surface area contributed by atoms with Crippen LogP contribution >= 0.6 is 23.2 Å². The standard InChI is InChI=1S/C30H29Cl2N2O3/c31-25-12-7-13-26(28(25)32)37-27-20-34(16-14-21(27)15-17-34)19-24-18-33-29(36-24)30(35,22-8-3-1-4-9-22)23-10-5-2-6-11-23/h1-13,18,21,27,35H,14-17,19-20H2/q+1. The van der Waals surface area contributed by atoms with E-state index in [1.807, 2.05) is 72.8 Å². The van der Waals surface area contributed by atoms with Crippen LogP contribution in [0.2, 0.25) is 10.0 Å². The lowest BCUT2D eigenvalue weighted by Gasteiger charge is -2.51. The largest absolute Gasteiger partial charge is 0.483 e. The fourth-order valence-corrected chi connectivity index (χ4v) is 6.30. The SMILES string of the molecule is OC(c1ccccc1)(c1ccccc1)c1ncc(C[N+]23CCC(CC2)C(Oc2cccc(Cl)c2Cl)C3)o1. The number of benzene rings is 3. The molecule has 0 saturated carbocycles. The lowest BCUT2D eigenvalue weighted by Crippen LogP contribution is -2.64. The predicted octanol–water partition coefficient (Wildman–Crippen LogP) is 6.45. The zero-order valence-corrected chi connectivity index (χ0v) is 21.9. The minimum absolute atomic E-state index is 0.0615. The first-order valence-electron chi connectivity index (χ1n) is 12.7. The van der Waals surface area contributed by atoms with Crippen molar-refractivity contribution in [1.29, 1.82) is 0 Å². The van der Waals surface area contributed by atoms with Crippen LogP contribution in [0.1, 0.15) is 35.6 Å². The Morgan fingerprint density at radius 1 is 0.919 bits per heavy atom. The van der Waals surface area contributed by atoms with Crippen LogP contribution in [-0.2, 0) is 12.1 Å². The molecule has 5 nitrogen and oxygen atoms in total. The lowest BCUT2D eigenvalue weighted by molar-refractivity contribution is -0.958. The number of nitrogens with zero attached hydrogens (tertiary/aromatic N) is 2. The molecule has 190 valence electrons. The average molecular weight is 536 g/mol. The summed E-state index contributed by atoms with van der Waals surface area (Å²) in [6, 6.07) is 24.6. The minimum atomic E-state index is -1.48. The zero-order valence-electron chi connectivity index (χ0n) is 20.4. The van der Waals surface area contributed by atoms with Crippen molar-refractivity contribution in [2.45, 2.75) is 31.1 Å². The van der Waals surface area contributed by atoms with Crippen molar-refractivity contribution in [3.63, 3.8) is 0 Å². The van der Waals surface area contributed by atoms with E-state index in [2.05, 4.69) is 4.98 Å². The summed E-state index contributed by atoms with van der Waals surface area (Å²) in [5.41, 5.74) is -0.0513. The van der Waals surface area contributed by atoms with Gasteiger partial charge in [0.15, 0.2) is 17.5 Å². The molecule has 4 heterocycles. The average Bonchev–Trinajstić information content (AvgIpc) is 3.41. The number of aliphatic hydroxyl groups is 1. The second-order valence-electron chi connectivity index (χ2n) is 10.2. The van der Waals surface area contributed by atoms with E-state index < -0.39 is 5.60 Å². The lowest BCUT2D eigenvalue weighted by atomic mass is 9.83. The van der Waals surface area contributed by atoms with Gasteiger partial charge in [-0.2, -0.15) is 0 Å². The van der Waals surface area contributed by atoms with E-state index in [1.54, 1.807) is 12.3 Å². The minimum Gasteiger partial charge on any atom is -0.483 e. The van der Waals surface area contributed by atoms with Gasteiger partial charge < -0.3 is 18.7 Å². The maximum absolute atomic E-state index is 12.0. The van der Waals surface area contributed by atoms with Crippen molar-refractivity contribution in [3.05, 3.63) is 118 Å². The monoisotopic (exact) mass is 535 g/mol. The first-order chi connectivity index (χ1) is 18.0. The van der Waals surface area contributed by atoms with E-state index >= 15 is 0 Å². The van der Waals surface area contributed by atoms with E-state index in [9.17, 15) is 5.11 Å². The topological polar surface area (TPSA) is 55.5 Å². The smallest absolute Gasteiger partial charge is 0.236 e. The van der Waals surface area contributed by atoms with Gasteiger partial charge in [-0.1, -0.05) is 89.9 Å². The highest BCUT2D eigenvalue weighted by Crippen LogP contribution is 2.41. The molecule has 3 fully saturated rings. The summed E-state index contributed by atoms with van der Waals surface area (Å²) in [5.74, 6) is 2.19. The Balaban J connectivity index is 1.26. The van der Waals surface area contributed by atoms with E-state index in [-0.39, 0.29) is 12.0 Å². The highest BCUT2D eigenvalue weighted by atomic mass is 35.5. The molecule has 1 unspecified atom stereocenters. The van der Waals surface area contributed by atoms with E-state index in [1.165, 1.54) is 0 Å². The van der Waals surface area contributed by atoms with Crippen molar-refractivity contribution in [1.82, 2.24) is 4.98 Å². The molecule has 37 heavy (non-hydrogen) atoms. The van der Waals surface area contributed by atoms with Gasteiger partial charge in [-0.05, 0) is 23.3 Å². The van der Waals surface area contributed by atoms with Crippen LogP contribution < -0.4 is 4.74 Å². The fraction of sp³-hybridized carbons (Fsp3) is 0.300. The van der Waals surface area contributed by atoms with Crippen LogP contribution in [-0.4, -0.2) is 40.3 Å². The van der Waals surface area contributed by atoms with Crippen LogP contribution in [0.15, 0.2) is 89.5 Å². The van der Waals surface area contributed by atoms with Crippen molar-refractivity contribution in [2.75, 3.05) is 19.6 Å². The molecular formula is C30H29Cl2N2O3+. The molecule has 1 aromatic heterocycles. The van der Waals surface area contributed by atoms with Crippen LogP contribution in [0.3, 0.4) is 0 Å². The second-order valence-corrected chi connectivity index (χ2v) is 11.0. The zero-order chi connectivity index (χ0) is 25.5. The van der Waals surface area contributed by atoms with Crippen LogP contribution in [0.5, 0.6) is 5.75 Å². The fourth-order valence-electron chi connectivity index (χ4n) is 5.97. The highest BCUT2D eigenvalue weighted by molar-refractivity contribution is 6.42. The van der Waals surface area contributed by atoms with Gasteiger partial charge in [0.05, 0.1) is 24.3 Å². The molecule has 2 bridgehead atoms. The molecular weight excluding hydrogens is 507 g/mol. The third kappa shape index (κ3) is 4.55. The summed E-state index contributed by atoms with van der Waals surface area (Å²) in [7, 11) is 0. The Kier molecular flexibility index (Phi) is 6.49. The molecule has 3 aromatic carbocycles. The molecule has 3 saturated heterocycles. The van der Waals surface area contributed by atoms with Gasteiger partial charge in [-0.3, -0.25) is 0 Å². The van der Waals surface area contributed by atoms with Gasteiger partial charge in [-0.25, -0.2) is 4.98 Å². The molecule has 4 aromatic rings. The van der Waals surface area contributed by atoms with Crippen molar-refractivity contribution < 1.29 is 18.7 Å². The van der Waals surface area contributed by atoms with Gasteiger partial charge in [0.25, 0.3) is 0 Å². The first-order valence-corrected chi connectivity index (χ1v) is 13.5. The third-order valence-corrected chi connectivity index (χ3v) is 8.78. The van der Waals surface area contributed by atoms with Gasteiger partial charge in [-0.15, -0.1) is 0 Å². The number of halogens is 2. The Morgan fingerprint density at radius 2 is 1.57 bits per heavy atom. The molecule has 0 aliphatic carbocycles. The number of rotatable bonds is 7. The Hall–Kier alpha value is -2.83. The number of hydrogen-bond acceptors (Lipinski definition) is 4. The number of quaternary nitrogens is 1. The Morgan fingerprint density at radius 3 is 2.22 bits per heavy atom. The highest BCUT2D eigenvalue weighted by Gasteiger charge is 2.48. The molecule has 3 aliphatic heterocycles. The van der Waals surface area contributed by atoms with E-state index in [0.29, 0.717) is 39.4 Å².